The maximum Gasteiger partial charge on any atom is 0.261 e. The highest BCUT2D eigenvalue weighted by Crippen LogP contribution is 2.56. The van der Waals surface area contributed by atoms with Gasteiger partial charge in [0.25, 0.3) is 5.17 Å². The second-order valence-electron chi connectivity index (χ2n) is 9.44. The van der Waals surface area contributed by atoms with E-state index in [0.29, 0.717) is 17.8 Å². The summed E-state index contributed by atoms with van der Waals surface area (Å²) < 4.78 is 21.7. The Morgan fingerprint density at radius 2 is 2.00 bits per heavy atom. The molecule has 33 heavy (non-hydrogen) atoms. The molecule has 0 unspecified atom stereocenters. The maximum absolute atomic E-state index is 13.2. The zero-order chi connectivity index (χ0) is 22.6. The Kier molecular flexibility index (Phi) is 5.03. The summed E-state index contributed by atoms with van der Waals surface area (Å²) >= 11 is 5.47. The minimum Gasteiger partial charge on any atom is -0.464 e. The smallest absolute Gasteiger partial charge is 0.261 e. The molecule has 1 aromatic heterocycles. The molecular weight excluding hydrogens is 433 g/mol. The number of para-hydroxylation sites is 1. The lowest BCUT2D eigenvalue weighted by Gasteiger charge is -2.53. The minimum atomic E-state index is -0.273. The highest BCUT2D eigenvalue weighted by atomic mass is 32.1. The van der Waals surface area contributed by atoms with Gasteiger partial charge in [0.05, 0.1) is 17.3 Å². The number of thiocarbonyl (C=S) groups is 1. The van der Waals surface area contributed by atoms with Crippen LogP contribution >= 0.6 is 12.2 Å². The van der Waals surface area contributed by atoms with E-state index in [1.807, 2.05) is 0 Å². The van der Waals surface area contributed by atoms with Crippen LogP contribution in [0, 0.1) is 11.2 Å². The topological polar surface area (TPSA) is 29.4 Å². The van der Waals surface area contributed by atoms with Crippen LogP contribution < -0.4 is 5.32 Å². The van der Waals surface area contributed by atoms with Gasteiger partial charge in [0.1, 0.15) is 12.4 Å². The first-order valence-electron chi connectivity index (χ1n) is 11.9. The van der Waals surface area contributed by atoms with Gasteiger partial charge in [-0.1, -0.05) is 31.2 Å². The highest BCUT2D eigenvalue weighted by Gasteiger charge is 2.50. The summed E-state index contributed by atoms with van der Waals surface area (Å²) in [5.41, 5.74) is 6.23. The average Bonchev–Trinajstić information content (AvgIpc) is 3.18. The van der Waals surface area contributed by atoms with Gasteiger partial charge in [-0.2, -0.15) is 0 Å². The van der Waals surface area contributed by atoms with Crippen LogP contribution in [0.3, 0.4) is 0 Å². The van der Waals surface area contributed by atoms with Crippen LogP contribution in [0.25, 0.3) is 16.6 Å². The highest BCUT2D eigenvalue weighted by molar-refractivity contribution is 7.80. The third-order valence-electron chi connectivity index (χ3n) is 7.77. The van der Waals surface area contributed by atoms with Crippen molar-refractivity contribution >= 4 is 39.7 Å². The van der Waals surface area contributed by atoms with Crippen molar-refractivity contribution in [2.24, 2.45) is 5.41 Å². The number of anilines is 1. The van der Waals surface area contributed by atoms with Crippen LogP contribution in [0.1, 0.15) is 43.5 Å². The zero-order valence-corrected chi connectivity index (χ0v) is 19.6. The second-order valence-corrected chi connectivity index (χ2v) is 9.81. The molecule has 4 nitrogen and oxygen atoms in total. The number of fused-ring (bicyclic) bond motifs is 3. The van der Waals surface area contributed by atoms with Crippen LogP contribution in [-0.4, -0.2) is 34.3 Å². The fourth-order valence-corrected chi connectivity index (χ4v) is 6.50. The van der Waals surface area contributed by atoms with Gasteiger partial charge < -0.3 is 14.6 Å². The molecule has 0 amide bonds. The number of hydrogen-bond acceptors (Lipinski definition) is 3. The Morgan fingerprint density at radius 3 is 2.82 bits per heavy atom. The van der Waals surface area contributed by atoms with E-state index in [0.717, 1.165) is 30.8 Å². The Hall–Kier alpha value is -2.70. The summed E-state index contributed by atoms with van der Waals surface area (Å²) in [7, 11) is 0. The standard InChI is InChI=1S/C27H28FN3OS/c1-2-27-13-5-14-30-15-12-22-21-6-3-4-7-23(21)31(24(22)25(27)30)20(16-27)17-32-26(33)29-19-10-8-18(28)9-11-19/h3-4,6-11,16,25H,2,5,12-15,17H2,1H3,(H,29,33)/t25-,27+/m1/s1. The van der Waals surface area contributed by atoms with Crippen molar-refractivity contribution in [1.82, 2.24) is 9.47 Å². The van der Waals surface area contributed by atoms with E-state index < -0.39 is 0 Å². The number of nitrogens with zero attached hydrogens (tertiary/aromatic N) is 2. The minimum absolute atomic E-state index is 0.127. The van der Waals surface area contributed by atoms with Crippen molar-refractivity contribution in [2.45, 2.75) is 38.6 Å². The van der Waals surface area contributed by atoms with Gasteiger partial charge in [-0.05, 0) is 80.3 Å². The number of piperidine rings is 1. The third-order valence-corrected chi connectivity index (χ3v) is 7.99. The van der Waals surface area contributed by atoms with Crippen LogP contribution in [0.4, 0.5) is 10.1 Å². The predicted molar refractivity (Wildman–Crippen MR) is 135 cm³/mol. The summed E-state index contributed by atoms with van der Waals surface area (Å²) in [5, 5.41) is 4.73. The molecule has 2 aromatic carbocycles. The Labute approximate surface area is 199 Å². The van der Waals surface area contributed by atoms with E-state index in [2.05, 4.69) is 52.0 Å². The molecule has 6 rings (SSSR count). The van der Waals surface area contributed by atoms with Gasteiger partial charge in [0.15, 0.2) is 0 Å². The lowest BCUT2D eigenvalue weighted by molar-refractivity contribution is 0.0264. The molecule has 0 radical (unpaired) electrons. The number of aromatic nitrogens is 1. The van der Waals surface area contributed by atoms with Crippen molar-refractivity contribution in [3.05, 3.63) is 71.7 Å². The van der Waals surface area contributed by atoms with Gasteiger partial charge in [-0.15, -0.1) is 0 Å². The Bertz CT molecular complexity index is 1260. The van der Waals surface area contributed by atoms with Gasteiger partial charge in [-0.3, -0.25) is 4.90 Å². The van der Waals surface area contributed by atoms with Crippen molar-refractivity contribution in [3.8, 4) is 0 Å². The van der Waals surface area contributed by atoms with E-state index in [4.69, 9.17) is 17.0 Å². The van der Waals surface area contributed by atoms with Gasteiger partial charge >= 0.3 is 0 Å². The van der Waals surface area contributed by atoms with Gasteiger partial charge in [0, 0.05) is 28.7 Å². The molecule has 3 aliphatic heterocycles. The second kappa shape index (κ2) is 7.96. The fraction of sp³-hybridized carbons (Fsp3) is 0.370. The molecule has 2 atom stereocenters. The largest absolute Gasteiger partial charge is 0.464 e. The third kappa shape index (κ3) is 3.30. The van der Waals surface area contributed by atoms with E-state index in [1.165, 1.54) is 53.7 Å². The monoisotopic (exact) mass is 461 g/mol. The van der Waals surface area contributed by atoms with E-state index in [9.17, 15) is 4.39 Å². The van der Waals surface area contributed by atoms with Gasteiger partial charge in [-0.25, -0.2) is 4.39 Å². The van der Waals surface area contributed by atoms with Crippen LogP contribution in [0.15, 0.2) is 54.6 Å². The van der Waals surface area contributed by atoms with E-state index in [1.54, 1.807) is 12.1 Å². The number of ether oxygens (including phenoxy) is 1. The molecule has 0 saturated carbocycles. The van der Waals surface area contributed by atoms with Crippen LogP contribution in [0.2, 0.25) is 0 Å². The molecule has 170 valence electrons. The molecule has 1 N–H and O–H groups in total. The fourth-order valence-electron chi connectivity index (χ4n) is 6.32. The average molecular weight is 462 g/mol. The number of hydrogen-bond donors (Lipinski definition) is 1. The maximum atomic E-state index is 13.2. The predicted octanol–water partition coefficient (Wildman–Crippen LogP) is 6.14. The number of halogens is 1. The van der Waals surface area contributed by atoms with Crippen LogP contribution in [-0.2, 0) is 11.2 Å². The molecule has 0 spiro atoms. The van der Waals surface area contributed by atoms with Gasteiger partial charge in [0.2, 0.25) is 0 Å². The summed E-state index contributed by atoms with van der Waals surface area (Å²) in [6.07, 6.45) is 7.12. The molecule has 0 aliphatic carbocycles. The summed E-state index contributed by atoms with van der Waals surface area (Å²) in [6.45, 7) is 5.04. The first-order valence-corrected chi connectivity index (χ1v) is 12.3. The van der Waals surface area contributed by atoms with Crippen molar-refractivity contribution in [3.63, 3.8) is 0 Å². The lowest BCUT2D eigenvalue weighted by atomic mass is 9.66. The van der Waals surface area contributed by atoms with E-state index >= 15 is 0 Å². The molecule has 4 heterocycles. The lowest BCUT2D eigenvalue weighted by Crippen LogP contribution is -2.50. The Balaban J connectivity index is 1.38. The summed E-state index contributed by atoms with van der Waals surface area (Å²) in [6, 6.07) is 15.3. The molecule has 0 bridgehead atoms. The number of rotatable bonds is 4. The van der Waals surface area contributed by atoms with E-state index in [-0.39, 0.29) is 11.2 Å². The molecule has 1 fully saturated rings. The number of nitrogens with one attached hydrogen (secondary N) is 1. The molecular formula is C27H28FN3OS. The zero-order valence-electron chi connectivity index (χ0n) is 18.8. The van der Waals surface area contributed by atoms with Crippen molar-refractivity contribution in [2.75, 3.05) is 25.0 Å². The first kappa shape index (κ1) is 20.9. The SMILES string of the molecule is CC[C@@]12C=C(COC(=S)Nc3ccc(F)cc3)n3c4c(c5ccccc53)CCN(CCC1)[C@H]42. The number of benzene rings is 2. The normalized spacial score (nSPS) is 23.7. The molecule has 1 saturated heterocycles. The van der Waals surface area contributed by atoms with Crippen molar-refractivity contribution < 1.29 is 9.13 Å². The molecule has 6 heteroatoms. The first-order chi connectivity index (χ1) is 16.1. The van der Waals surface area contributed by atoms with Crippen molar-refractivity contribution in [1.29, 1.82) is 0 Å². The summed E-state index contributed by atoms with van der Waals surface area (Å²) in [4.78, 5) is 2.71. The quantitative estimate of drug-likeness (QED) is 0.473. The molecule has 3 aromatic rings. The Morgan fingerprint density at radius 1 is 1.18 bits per heavy atom. The molecule has 3 aliphatic rings. The summed E-state index contributed by atoms with van der Waals surface area (Å²) in [5.74, 6) is -0.273. The van der Waals surface area contributed by atoms with Crippen LogP contribution in [0.5, 0.6) is 0 Å².